The van der Waals surface area contributed by atoms with Crippen LogP contribution >= 0.6 is 0 Å². The summed E-state index contributed by atoms with van der Waals surface area (Å²) >= 11 is 0. The van der Waals surface area contributed by atoms with Crippen LogP contribution in [-0.2, 0) is 19.7 Å². The lowest BCUT2D eigenvalue weighted by atomic mass is 10.1. The van der Waals surface area contributed by atoms with Crippen molar-refractivity contribution < 1.29 is 13.3 Å². The molecule has 108 valence electrons. The molecule has 0 saturated carbocycles. The number of benzene rings is 1. The minimum atomic E-state index is -2.34. The van der Waals surface area contributed by atoms with Crippen LogP contribution in [-0.4, -0.2) is 30.1 Å². The van der Waals surface area contributed by atoms with E-state index in [4.69, 9.17) is 13.3 Å². The van der Waals surface area contributed by atoms with E-state index in [1.165, 1.54) is 31.2 Å². The molecule has 19 heavy (non-hydrogen) atoms. The Balaban J connectivity index is 2.11. The number of unbranched alkanes of at least 4 members (excludes halogenated alkanes) is 3. The molecule has 0 unspecified atom stereocenters. The number of rotatable bonds is 10. The van der Waals surface area contributed by atoms with Gasteiger partial charge >= 0.3 is 8.80 Å². The topological polar surface area (TPSA) is 27.7 Å². The van der Waals surface area contributed by atoms with Crippen LogP contribution in [0.2, 0.25) is 6.04 Å². The van der Waals surface area contributed by atoms with Crippen LogP contribution in [0.5, 0.6) is 0 Å². The standard InChI is InChI=1S/C15H26O3Si/c1-16-19(17-2,18-3)14-10-5-4-7-11-15-12-8-6-9-13-15/h6,8-9,12-13H,4-5,7,10-11,14H2,1-3H3. The monoisotopic (exact) mass is 282 g/mol. The van der Waals surface area contributed by atoms with E-state index < -0.39 is 8.80 Å². The van der Waals surface area contributed by atoms with Gasteiger partial charge in [-0.25, -0.2) is 0 Å². The minimum absolute atomic E-state index is 0.905. The summed E-state index contributed by atoms with van der Waals surface area (Å²) < 4.78 is 16.2. The first-order chi connectivity index (χ1) is 9.26. The fourth-order valence-electron chi connectivity index (χ4n) is 2.23. The van der Waals surface area contributed by atoms with Crippen molar-refractivity contribution in [3.63, 3.8) is 0 Å². The highest BCUT2D eigenvalue weighted by Gasteiger charge is 2.36. The molecule has 0 aliphatic rings. The van der Waals surface area contributed by atoms with Crippen LogP contribution in [0.3, 0.4) is 0 Å². The fourth-order valence-corrected chi connectivity index (χ4v) is 4.02. The second-order valence-electron chi connectivity index (χ2n) is 4.70. The van der Waals surface area contributed by atoms with Gasteiger partial charge < -0.3 is 13.3 Å². The summed E-state index contributed by atoms with van der Waals surface area (Å²) in [5.41, 5.74) is 1.43. The third-order valence-corrected chi connectivity index (χ3v) is 6.31. The van der Waals surface area contributed by atoms with Gasteiger partial charge in [-0.15, -0.1) is 0 Å². The van der Waals surface area contributed by atoms with Crippen LogP contribution in [0.4, 0.5) is 0 Å². The maximum atomic E-state index is 5.41. The summed E-state index contributed by atoms with van der Waals surface area (Å²) in [6.07, 6.45) is 5.97. The Morgan fingerprint density at radius 1 is 0.789 bits per heavy atom. The average Bonchev–Trinajstić information content (AvgIpc) is 2.48. The Kier molecular flexibility index (Phi) is 7.98. The smallest absolute Gasteiger partial charge is 0.377 e. The average molecular weight is 282 g/mol. The SMILES string of the molecule is CO[Si](CCCCCCc1ccccc1)(OC)OC. The van der Waals surface area contributed by atoms with Gasteiger partial charge in [-0.1, -0.05) is 43.2 Å². The first-order valence-electron chi connectivity index (χ1n) is 6.95. The van der Waals surface area contributed by atoms with Crippen LogP contribution in [0.15, 0.2) is 30.3 Å². The normalized spacial score (nSPS) is 11.7. The summed E-state index contributed by atoms with van der Waals surface area (Å²) in [6, 6.07) is 11.6. The van der Waals surface area contributed by atoms with Gasteiger partial charge in [-0.3, -0.25) is 0 Å². The first kappa shape index (κ1) is 16.4. The van der Waals surface area contributed by atoms with E-state index in [1.807, 2.05) is 0 Å². The second kappa shape index (κ2) is 9.26. The third-order valence-electron chi connectivity index (χ3n) is 3.47. The van der Waals surface area contributed by atoms with E-state index in [1.54, 1.807) is 21.3 Å². The Hall–Kier alpha value is -0.683. The van der Waals surface area contributed by atoms with Gasteiger partial charge in [0, 0.05) is 27.4 Å². The number of hydrogen-bond acceptors (Lipinski definition) is 3. The van der Waals surface area contributed by atoms with Gasteiger partial charge in [0.25, 0.3) is 0 Å². The van der Waals surface area contributed by atoms with Gasteiger partial charge in [0.05, 0.1) is 0 Å². The zero-order valence-corrected chi connectivity index (χ0v) is 13.4. The molecule has 4 heteroatoms. The quantitative estimate of drug-likeness (QED) is 0.484. The Morgan fingerprint density at radius 3 is 1.95 bits per heavy atom. The molecule has 3 nitrogen and oxygen atoms in total. The maximum Gasteiger partial charge on any atom is 0.500 e. The van der Waals surface area contributed by atoms with Crippen molar-refractivity contribution in [1.29, 1.82) is 0 Å². The van der Waals surface area contributed by atoms with Crippen molar-refractivity contribution in [1.82, 2.24) is 0 Å². The minimum Gasteiger partial charge on any atom is -0.377 e. The number of hydrogen-bond donors (Lipinski definition) is 0. The summed E-state index contributed by atoms with van der Waals surface area (Å²) in [4.78, 5) is 0. The molecule has 0 atom stereocenters. The highest BCUT2D eigenvalue weighted by molar-refractivity contribution is 6.60. The Morgan fingerprint density at radius 2 is 1.37 bits per heavy atom. The lowest BCUT2D eigenvalue weighted by molar-refractivity contribution is 0.122. The van der Waals surface area contributed by atoms with Crippen molar-refractivity contribution in [3.8, 4) is 0 Å². The fraction of sp³-hybridized carbons (Fsp3) is 0.600. The second-order valence-corrected chi connectivity index (χ2v) is 7.79. The molecule has 0 bridgehead atoms. The zero-order chi connectivity index (χ0) is 14.0. The van der Waals surface area contributed by atoms with E-state index in [0.29, 0.717) is 0 Å². The molecule has 0 aliphatic carbocycles. The van der Waals surface area contributed by atoms with Gasteiger partial charge in [0.1, 0.15) is 0 Å². The van der Waals surface area contributed by atoms with Crippen LogP contribution in [0.1, 0.15) is 31.2 Å². The molecule has 0 saturated heterocycles. The summed E-state index contributed by atoms with van der Waals surface area (Å²) in [6.45, 7) is 0. The molecule has 0 amide bonds. The maximum absolute atomic E-state index is 5.41. The molecular weight excluding hydrogens is 256 g/mol. The highest BCUT2D eigenvalue weighted by atomic mass is 28.4. The van der Waals surface area contributed by atoms with E-state index in [9.17, 15) is 0 Å². The Labute approximate surface area is 118 Å². The summed E-state index contributed by atoms with van der Waals surface area (Å²) in [5.74, 6) is 0. The predicted molar refractivity (Wildman–Crippen MR) is 80.2 cm³/mol. The van der Waals surface area contributed by atoms with Crippen molar-refractivity contribution in [2.24, 2.45) is 0 Å². The van der Waals surface area contributed by atoms with Gasteiger partial charge in [-0.2, -0.15) is 0 Å². The van der Waals surface area contributed by atoms with E-state index in [-0.39, 0.29) is 0 Å². The molecule has 1 aromatic rings. The largest absolute Gasteiger partial charge is 0.500 e. The van der Waals surface area contributed by atoms with Gasteiger partial charge in [0.15, 0.2) is 0 Å². The van der Waals surface area contributed by atoms with Crippen molar-refractivity contribution >= 4 is 8.80 Å². The lowest BCUT2D eigenvalue weighted by Crippen LogP contribution is -2.42. The molecule has 0 radical (unpaired) electrons. The lowest BCUT2D eigenvalue weighted by Gasteiger charge is -2.24. The van der Waals surface area contributed by atoms with Crippen LogP contribution in [0, 0.1) is 0 Å². The van der Waals surface area contributed by atoms with Gasteiger partial charge in [-0.05, 0) is 24.8 Å². The molecule has 1 rings (SSSR count). The Bertz CT molecular complexity index is 317. The first-order valence-corrected chi connectivity index (χ1v) is 8.89. The van der Waals surface area contributed by atoms with Crippen molar-refractivity contribution in [2.45, 2.75) is 38.1 Å². The van der Waals surface area contributed by atoms with Crippen molar-refractivity contribution in [3.05, 3.63) is 35.9 Å². The predicted octanol–water partition coefficient (Wildman–Crippen LogP) is 3.67. The molecule has 0 spiro atoms. The summed E-state index contributed by atoms with van der Waals surface area (Å²) in [5, 5.41) is 0. The molecule has 0 heterocycles. The number of aryl methyl sites for hydroxylation is 1. The zero-order valence-electron chi connectivity index (χ0n) is 12.4. The molecule has 0 aromatic heterocycles. The molecule has 0 fully saturated rings. The summed E-state index contributed by atoms with van der Waals surface area (Å²) in [7, 11) is 2.68. The van der Waals surface area contributed by atoms with Crippen molar-refractivity contribution in [2.75, 3.05) is 21.3 Å². The molecule has 0 aliphatic heterocycles. The molecule has 1 aromatic carbocycles. The van der Waals surface area contributed by atoms with Crippen LogP contribution in [0.25, 0.3) is 0 Å². The van der Waals surface area contributed by atoms with E-state index in [2.05, 4.69) is 30.3 Å². The van der Waals surface area contributed by atoms with Crippen LogP contribution < -0.4 is 0 Å². The van der Waals surface area contributed by atoms with E-state index >= 15 is 0 Å². The van der Waals surface area contributed by atoms with Gasteiger partial charge in [0.2, 0.25) is 0 Å². The third kappa shape index (κ3) is 5.87. The van der Waals surface area contributed by atoms with E-state index in [0.717, 1.165) is 12.5 Å². The highest BCUT2D eigenvalue weighted by Crippen LogP contribution is 2.18. The molecular formula is C15H26O3Si. The molecule has 0 N–H and O–H groups in total.